The number of hydrogen-bond donors (Lipinski definition) is 0. The van der Waals surface area contributed by atoms with E-state index in [4.69, 9.17) is 0 Å². The number of fused-ring (bicyclic) bond motifs is 1. The zero-order valence-corrected chi connectivity index (χ0v) is 7.14. The SMILES string of the molecule is C=Cc1ccc(C=C)c2c1CC2. The summed E-state index contributed by atoms with van der Waals surface area (Å²) in [6, 6.07) is 4.25. The number of rotatable bonds is 2. The van der Waals surface area contributed by atoms with Gasteiger partial charge in [0.15, 0.2) is 0 Å². The van der Waals surface area contributed by atoms with Crippen LogP contribution in [0, 0.1) is 0 Å². The van der Waals surface area contributed by atoms with Gasteiger partial charge in [0.2, 0.25) is 0 Å². The van der Waals surface area contributed by atoms with E-state index in [-0.39, 0.29) is 0 Å². The molecule has 0 heteroatoms. The molecule has 0 atom stereocenters. The van der Waals surface area contributed by atoms with Gasteiger partial charge in [-0.1, -0.05) is 37.4 Å². The Morgan fingerprint density at radius 1 is 0.917 bits per heavy atom. The van der Waals surface area contributed by atoms with Gasteiger partial charge >= 0.3 is 0 Å². The van der Waals surface area contributed by atoms with Crippen molar-refractivity contribution in [1.82, 2.24) is 0 Å². The molecule has 12 heavy (non-hydrogen) atoms. The summed E-state index contributed by atoms with van der Waals surface area (Å²) in [6.45, 7) is 7.59. The lowest BCUT2D eigenvalue weighted by molar-refractivity contribution is 0.833. The van der Waals surface area contributed by atoms with Crippen LogP contribution in [0.5, 0.6) is 0 Å². The lowest BCUT2D eigenvalue weighted by Crippen LogP contribution is -2.12. The van der Waals surface area contributed by atoms with Gasteiger partial charge in [-0.05, 0) is 35.1 Å². The molecule has 0 saturated carbocycles. The molecular formula is C12H12. The second kappa shape index (κ2) is 2.63. The summed E-state index contributed by atoms with van der Waals surface area (Å²) < 4.78 is 0. The minimum atomic E-state index is 1.21. The van der Waals surface area contributed by atoms with Crippen molar-refractivity contribution in [2.45, 2.75) is 12.8 Å². The molecule has 0 aromatic heterocycles. The molecule has 2 rings (SSSR count). The van der Waals surface area contributed by atoms with Gasteiger partial charge in [0, 0.05) is 0 Å². The Morgan fingerprint density at radius 2 is 1.33 bits per heavy atom. The molecule has 0 unspecified atom stereocenters. The average molecular weight is 156 g/mol. The molecule has 1 aromatic rings. The molecule has 0 aliphatic heterocycles. The van der Waals surface area contributed by atoms with Crippen LogP contribution in [-0.4, -0.2) is 0 Å². The largest absolute Gasteiger partial charge is 0.0985 e. The molecule has 1 aliphatic carbocycles. The van der Waals surface area contributed by atoms with Crippen molar-refractivity contribution in [2.24, 2.45) is 0 Å². The van der Waals surface area contributed by atoms with Gasteiger partial charge in [-0.3, -0.25) is 0 Å². The third-order valence-corrected chi connectivity index (χ3v) is 2.57. The van der Waals surface area contributed by atoms with Crippen molar-refractivity contribution in [3.63, 3.8) is 0 Å². The van der Waals surface area contributed by atoms with E-state index in [1.807, 2.05) is 12.2 Å². The lowest BCUT2D eigenvalue weighted by Gasteiger charge is -2.23. The van der Waals surface area contributed by atoms with E-state index in [1.165, 1.54) is 35.1 Å². The van der Waals surface area contributed by atoms with Crippen molar-refractivity contribution >= 4 is 12.2 Å². The van der Waals surface area contributed by atoms with Crippen molar-refractivity contribution in [3.8, 4) is 0 Å². The molecule has 0 fully saturated rings. The van der Waals surface area contributed by atoms with Crippen LogP contribution >= 0.6 is 0 Å². The standard InChI is InChI=1S/C12H12/c1-3-9-5-6-10(4-2)12-8-7-11(9)12/h3-6H,1-2,7-8H2. The van der Waals surface area contributed by atoms with Gasteiger partial charge in [-0.15, -0.1) is 0 Å². The van der Waals surface area contributed by atoms with Crippen molar-refractivity contribution in [1.29, 1.82) is 0 Å². The Hall–Kier alpha value is -1.30. The molecule has 60 valence electrons. The second-order valence-electron chi connectivity index (χ2n) is 3.11. The maximum atomic E-state index is 3.80. The first-order chi connectivity index (χ1) is 5.86. The molecule has 0 radical (unpaired) electrons. The summed E-state index contributed by atoms with van der Waals surface area (Å²) in [5.41, 5.74) is 5.54. The zero-order valence-electron chi connectivity index (χ0n) is 7.14. The van der Waals surface area contributed by atoms with Crippen molar-refractivity contribution < 1.29 is 0 Å². The minimum Gasteiger partial charge on any atom is -0.0985 e. The van der Waals surface area contributed by atoms with Gasteiger partial charge in [-0.2, -0.15) is 0 Å². The van der Waals surface area contributed by atoms with E-state index in [0.717, 1.165) is 0 Å². The smallest absolute Gasteiger partial charge is 0.0227 e. The summed E-state index contributed by atoms with van der Waals surface area (Å²) in [4.78, 5) is 0. The van der Waals surface area contributed by atoms with Crippen LogP contribution in [-0.2, 0) is 12.8 Å². The fraction of sp³-hybridized carbons (Fsp3) is 0.167. The summed E-state index contributed by atoms with van der Waals surface area (Å²) in [5, 5.41) is 0. The fourth-order valence-corrected chi connectivity index (χ4v) is 1.78. The van der Waals surface area contributed by atoms with Gasteiger partial charge in [0.05, 0.1) is 0 Å². The van der Waals surface area contributed by atoms with E-state index in [1.54, 1.807) is 0 Å². The fourth-order valence-electron chi connectivity index (χ4n) is 1.78. The molecule has 1 aliphatic rings. The first kappa shape index (κ1) is 7.35. The van der Waals surface area contributed by atoms with Crippen LogP contribution in [0.25, 0.3) is 12.2 Å². The highest BCUT2D eigenvalue weighted by Gasteiger charge is 2.17. The summed E-state index contributed by atoms with van der Waals surface area (Å²) in [5.74, 6) is 0. The molecule has 0 amide bonds. The first-order valence-corrected chi connectivity index (χ1v) is 4.26. The summed E-state index contributed by atoms with van der Waals surface area (Å²) >= 11 is 0. The Labute approximate surface area is 73.2 Å². The third kappa shape index (κ3) is 0.845. The van der Waals surface area contributed by atoms with Crippen LogP contribution in [0.4, 0.5) is 0 Å². The van der Waals surface area contributed by atoms with Crippen molar-refractivity contribution in [3.05, 3.63) is 47.5 Å². The van der Waals surface area contributed by atoms with Crippen LogP contribution in [0.2, 0.25) is 0 Å². The van der Waals surface area contributed by atoms with Gasteiger partial charge in [0.25, 0.3) is 0 Å². The highest BCUT2D eigenvalue weighted by Crippen LogP contribution is 2.30. The Balaban J connectivity index is 2.62. The maximum absolute atomic E-state index is 3.80. The van der Waals surface area contributed by atoms with Crippen molar-refractivity contribution in [2.75, 3.05) is 0 Å². The summed E-state index contributed by atoms with van der Waals surface area (Å²) in [6.07, 6.45) is 6.28. The van der Waals surface area contributed by atoms with Gasteiger partial charge in [-0.25, -0.2) is 0 Å². The molecule has 0 N–H and O–H groups in total. The molecule has 0 heterocycles. The normalized spacial score (nSPS) is 13.0. The van der Waals surface area contributed by atoms with Crippen LogP contribution < -0.4 is 0 Å². The molecule has 0 spiro atoms. The Bertz CT molecular complexity index is 310. The topological polar surface area (TPSA) is 0 Å². The first-order valence-electron chi connectivity index (χ1n) is 4.26. The maximum Gasteiger partial charge on any atom is -0.0227 e. The van der Waals surface area contributed by atoms with Gasteiger partial charge < -0.3 is 0 Å². The van der Waals surface area contributed by atoms with Crippen LogP contribution in [0.1, 0.15) is 22.3 Å². The second-order valence-corrected chi connectivity index (χ2v) is 3.11. The Kier molecular flexibility index (Phi) is 1.61. The van der Waals surface area contributed by atoms with E-state index in [0.29, 0.717) is 0 Å². The predicted octanol–water partition coefficient (Wildman–Crippen LogP) is 3.07. The van der Waals surface area contributed by atoms with E-state index in [2.05, 4.69) is 25.3 Å². The van der Waals surface area contributed by atoms with E-state index in [9.17, 15) is 0 Å². The van der Waals surface area contributed by atoms with Crippen LogP contribution in [0.15, 0.2) is 25.3 Å². The monoisotopic (exact) mass is 156 g/mol. The highest BCUT2D eigenvalue weighted by molar-refractivity contribution is 5.65. The average Bonchev–Trinajstić information content (AvgIpc) is 2.05. The quantitative estimate of drug-likeness (QED) is 0.617. The Morgan fingerprint density at radius 3 is 1.58 bits per heavy atom. The third-order valence-electron chi connectivity index (χ3n) is 2.57. The molecule has 1 aromatic carbocycles. The lowest BCUT2D eigenvalue weighted by atomic mass is 9.81. The van der Waals surface area contributed by atoms with Crippen LogP contribution in [0.3, 0.4) is 0 Å². The highest BCUT2D eigenvalue weighted by atomic mass is 14.2. The number of hydrogen-bond acceptors (Lipinski definition) is 0. The summed E-state index contributed by atoms with van der Waals surface area (Å²) in [7, 11) is 0. The van der Waals surface area contributed by atoms with E-state index < -0.39 is 0 Å². The molecule has 0 saturated heterocycles. The van der Waals surface area contributed by atoms with Gasteiger partial charge in [0.1, 0.15) is 0 Å². The molecule has 0 nitrogen and oxygen atoms in total. The minimum absolute atomic E-state index is 1.21. The molecule has 0 bridgehead atoms. The van der Waals surface area contributed by atoms with E-state index >= 15 is 0 Å². The predicted molar refractivity (Wildman–Crippen MR) is 54.0 cm³/mol. The zero-order chi connectivity index (χ0) is 8.55. The number of benzene rings is 1. The molecular weight excluding hydrogens is 144 g/mol.